The van der Waals surface area contributed by atoms with E-state index >= 15 is 0 Å². The molecule has 34 heavy (non-hydrogen) atoms. The van der Waals surface area contributed by atoms with Crippen molar-refractivity contribution < 1.29 is 18.1 Å². The average Bonchev–Trinajstić information content (AvgIpc) is 2.80. The lowest BCUT2D eigenvalue weighted by Gasteiger charge is -2.28. The number of aryl methyl sites for hydroxylation is 2. The lowest BCUT2D eigenvalue weighted by molar-refractivity contribution is 0.245. The maximum Gasteiger partial charge on any atom is 0.295 e. The van der Waals surface area contributed by atoms with E-state index < -0.39 is 10.1 Å². The standard InChI is InChI=1S/C29H42O4S/c1-3-4-5-8-23-12-14-24(15-13-23)9-6-7-10-25-16-18-26(19-17-25)21-27-28(30)20-11-22(2)29(27)34(31,32)33/h11,16-20,23-24,30H,3-10,12-15,21H2,1-2H3,(H,31,32,33). The topological polar surface area (TPSA) is 74.6 Å². The van der Waals surface area contributed by atoms with Gasteiger partial charge in [0.15, 0.2) is 0 Å². The first-order valence-electron chi connectivity index (χ1n) is 13.1. The second-order valence-corrected chi connectivity index (χ2v) is 11.7. The van der Waals surface area contributed by atoms with Crippen LogP contribution in [0, 0.1) is 18.8 Å². The van der Waals surface area contributed by atoms with Crippen molar-refractivity contribution in [2.45, 2.75) is 102 Å². The first kappa shape index (κ1) is 26.7. The molecule has 0 aromatic heterocycles. The van der Waals surface area contributed by atoms with Crippen molar-refractivity contribution in [2.24, 2.45) is 11.8 Å². The van der Waals surface area contributed by atoms with Crippen molar-refractivity contribution in [3.63, 3.8) is 0 Å². The Bertz CT molecular complexity index is 1000. The molecule has 0 spiro atoms. The van der Waals surface area contributed by atoms with Crippen LogP contribution in [-0.4, -0.2) is 18.1 Å². The predicted octanol–water partition coefficient (Wildman–Crippen LogP) is 7.64. The predicted molar refractivity (Wildman–Crippen MR) is 139 cm³/mol. The molecule has 4 nitrogen and oxygen atoms in total. The molecule has 0 amide bonds. The minimum atomic E-state index is -4.41. The number of unbranched alkanes of at least 4 members (excludes halogenated alkanes) is 3. The van der Waals surface area contributed by atoms with E-state index in [1.807, 2.05) is 12.1 Å². The van der Waals surface area contributed by atoms with Crippen molar-refractivity contribution in [2.75, 3.05) is 0 Å². The smallest absolute Gasteiger partial charge is 0.295 e. The van der Waals surface area contributed by atoms with Gasteiger partial charge in [-0.2, -0.15) is 8.42 Å². The van der Waals surface area contributed by atoms with Crippen molar-refractivity contribution in [1.82, 2.24) is 0 Å². The Kier molecular flexibility index (Phi) is 10.0. The Hall–Kier alpha value is -1.85. The zero-order valence-electron chi connectivity index (χ0n) is 20.9. The molecule has 5 heteroatoms. The molecule has 0 radical (unpaired) electrons. The molecule has 0 heterocycles. The molecule has 2 aromatic carbocycles. The van der Waals surface area contributed by atoms with E-state index in [9.17, 15) is 18.1 Å². The van der Waals surface area contributed by atoms with E-state index in [-0.39, 0.29) is 22.6 Å². The molecule has 1 aliphatic carbocycles. The third-order valence-corrected chi connectivity index (χ3v) is 8.69. The number of phenols is 1. The van der Waals surface area contributed by atoms with Gasteiger partial charge in [0, 0.05) is 12.0 Å². The number of hydrogen-bond acceptors (Lipinski definition) is 3. The monoisotopic (exact) mass is 486 g/mol. The third kappa shape index (κ3) is 7.84. The molecule has 3 rings (SSSR count). The highest BCUT2D eigenvalue weighted by molar-refractivity contribution is 7.86. The van der Waals surface area contributed by atoms with E-state index in [2.05, 4.69) is 19.1 Å². The Balaban J connectivity index is 1.44. The van der Waals surface area contributed by atoms with Gasteiger partial charge in [-0.05, 0) is 54.4 Å². The van der Waals surface area contributed by atoms with Gasteiger partial charge in [0.2, 0.25) is 0 Å². The van der Waals surface area contributed by atoms with Crippen LogP contribution in [0.3, 0.4) is 0 Å². The van der Waals surface area contributed by atoms with Gasteiger partial charge in [-0.1, -0.05) is 101 Å². The van der Waals surface area contributed by atoms with Crippen molar-refractivity contribution in [3.8, 4) is 5.75 Å². The summed E-state index contributed by atoms with van der Waals surface area (Å²) in [4.78, 5) is -0.188. The van der Waals surface area contributed by atoms with Crippen LogP contribution in [0.15, 0.2) is 41.3 Å². The summed E-state index contributed by atoms with van der Waals surface area (Å²) in [5.74, 6) is 1.79. The molecular weight excluding hydrogens is 444 g/mol. The summed E-state index contributed by atoms with van der Waals surface area (Å²) in [6, 6.07) is 11.2. The highest BCUT2D eigenvalue weighted by Gasteiger charge is 2.22. The van der Waals surface area contributed by atoms with E-state index in [0.717, 1.165) is 23.8 Å². The van der Waals surface area contributed by atoms with Gasteiger partial charge in [0.25, 0.3) is 10.1 Å². The van der Waals surface area contributed by atoms with E-state index in [0.29, 0.717) is 5.56 Å². The Morgan fingerprint density at radius 1 is 0.824 bits per heavy atom. The minimum absolute atomic E-state index is 0.114. The summed E-state index contributed by atoms with van der Waals surface area (Å²) in [5, 5.41) is 10.2. The molecule has 1 aliphatic rings. The fourth-order valence-electron chi connectivity index (χ4n) is 5.55. The van der Waals surface area contributed by atoms with E-state index in [1.165, 1.54) is 88.3 Å². The van der Waals surface area contributed by atoms with Crippen LogP contribution in [0.4, 0.5) is 0 Å². The molecule has 2 N–H and O–H groups in total. The number of benzene rings is 2. The van der Waals surface area contributed by atoms with Gasteiger partial charge in [-0.3, -0.25) is 4.55 Å². The summed E-state index contributed by atoms with van der Waals surface area (Å²) in [6.45, 7) is 3.90. The van der Waals surface area contributed by atoms with Gasteiger partial charge in [-0.25, -0.2) is 0 Å². The number of rotatable bonds is 12. The Labute approximate surface area is 206 Å². The number of aromatic hydroxyl groups is 1. The second kappa shape index (κ2) is 12.7. The largest absolute Gasteiger partial charge is 0.508 e. The fourth-order valence-corrected chi connectivity index (χ4v) is 6.51. The van der Waals surface area contributed by atoms with Crippen LogP contribution >= 0.6 is 0 Å². The van der Waals surface area contributed by atoms with Crippen LogP contribution in [0.1, 0.15) is 99.8 Å². The van der Waals surface area contributed by atoms with E-state index in [4.69, 9.17) is 0 Å². The highest BCUT2D eigenvalue weighted by atomic mass is 32.2. The maximum atomic E-state index is 11.8. The lowest BCUT2D eigenvalue weighted by Crippen LogP contribution is -2.14. The molecule has 0 unspecified atom stereocenters. The summed E-state index contributed by atoms with van der Waals surface area (Å²) in [6.07, 6.45) is 16.4. The summed E-state index contributed by atoms with van der Waals surface area (Å²) in [5.41, 5.74) is 2.87. The molecule has 2 aromatic rings. The van der Waals surface area contributed by atoms with Gasteiger partial charge in [-0.15, -0.1) is 0 Å². The van der Waals surface area contributed by atoms with Crippen LogP contribution in [0.25, 0.3) is 0 Å². The molecule has 1 fully saturated rings. The third-order valence-electron chi connectivity index (χ3n) is 7.60. The summed E-state index contributed by atoms with van der Waals surface area (Å²) in [7, 11) is -4.41. The van der Waals surface area contributed by atoms with Crippen molar-refractivity contribution in [3.05, 3.63) is 58.7 Å². The first-order valence-corrected chi connectivity index (χ1v) is 14.6. The molecule has 188 valence electrons. The van der Waals surface area contributed by atoms with Crippen LogP contribution < -0.4 is 0 Å². The first-order chi connectivity index (χ1) is 16.3. The van der Waals surface area contributed by atoms with Gasteiger partial charge in [0.1, 0.15) is 10.6 Å². The molecule has 0 aliphatic heterocycles. The SMILES string of the molecule is CCCCCC1CCC(CCCCc2ccc(Cc3c(O)ccc(C)c3S(=O)(=O)O)cc2)CC1. The number of hydrogen-bond donors (Lipinski definition) is 2. The summed E-state index contributed by atoms with van der Waals surface area (Å²) >= 11 is 0. The summed E-state index contributed by atoms with van der Waals surface area (Å²) < 4.78 is 33.3. The van der Waals surface area contributed by atoms with Crippen LogP contribution in [-0.2, 0) is 23.0 Å². The van der Waals surface area contributed by atoms with Gasteiger partial charge >= 0.3 is 0 Å². The van der Waals surface area contributed by atoms with Crippen LogP contribution in [0.5, 0.6) is 5.75 Å². The van der Waals surface area contributed by atoms with Crippen LogP contribution in [0.2, 0.25) is 0 Å². The van der Waals surface area contributed by atoms with E-state index in [1.54, 1.807) is 6.92 Å². The lowest BCUT2D eigenvalue weighted by atomic mass is 9.78. The van der Waals surface area contributed by atoms with Gasteiger partial charge < -0.3 is 5.11 Å². The molecule has 1 saturated carbocycles. The van der Waals surface area contributed by atoms with Crippen molar-refractivity contribution in [1.29, 1.82) is 0 Å². The quantitative estimate of drug-likeness (QED) is 0.239. The second-order valence-electron chi connectivity index (χ2n) is 10.3. The Morgan fingerprint density at radius 3 is 1.94 bits per heavy atom. The maximum absolute atomic E-state index is 11.8. The van der Waals surface area contributed by atoms with Gasteiger partial charge in [0.05, 0.1) is 0 Å². The average molecular weight is 487 g/mol. The Morgan fingerprint density at radius 2 is 1.38 bits per heavy atom. The zero-order chi connectivity index (χ0) is 24.6. The minimum Gasteiger partial charge on any atom is -0.508 e. The molecular formula is C29H42O4S. The highest BCUT2D eigenvalue weighted by Crippen LogP contribution is 2.35. The molecule has 0 bridgehead atoms. The van der Waals surface area contributed by atoms with Crippen molar-refractivity contribution >= 4 is 10.1 Å². The fraction of sp³-hybridized carbons (Fsp3) is 0.586. The molecule has 0 atom stereocenters. The zero-order valence-corrected chi connectivity index (χ0v) is 21.7. The number of phenolic OH excluding ortho intramolecular Hbond substituents is 1. The molecule has 0 saturated heterocycles. The normalized spacial score (nSPS) is 18.8.